The van der Waals surface area contributed by atoms with E-state index in [2.05, 4.69) is 26.1 Å². The number of nitrogens with zero attached hydrogens (tertiary/aromatic N) is 2. The largest absolute Gasteiger partial charge is 0.416 e. The van der Waals surface area contributed by atoms with Gasteiger partial charge >= 0.3 is 11.0 Å². The fraction of sp³-hybridized carbons (Fsp3) is 0.243. The van der Waals surface area contributed by atoms with Gasteiger partial charge in [0.05, 0.1) is 22.2 Å². The van der Waals surface area contributed by atoms with Crippen molar-refractivity contribution in [2.45, 2.75) is 55.1 Å². The normalized spacial score (nSPS) is 19.2. The molecule has 0 aliphatic carbocycles. The molecule has 4 aromatic carbocycles. The summed E-state index contributed by atoms with van der Waals surface area (Å²) < 4.78 is 42.2. The van der Waals surface area contributed by atoms with Gasteiger partial charge in [-0.1, -0.05) is 105 Å². The third kappa shape index (κ3) is 5.97. The van der Waals surface area contributed by atoms with Crippen LogP contribution in [0, 0.1) is 5.92 Å². The molecule has 3 unspecified atom stereocenters. The van der Waals surface area contributed by atoms with Crippen molar-refractivity contribution >= 4 is 63.0 Å². The van der Waals surface area contributed by atoms with E-state index in [9.17, 15) is 32.3 Å². The van der Waals surface area contributed by atoms with Crippen LogP contribution in [0.1, 0.15) is 48.3 Å². The maximum atomic E-state index is 14.2. The van der Waals surface area contributed by atoms with Gasteiger partial charge in [0.25, 0.3) is 0 Å². The molecule has 2 aliphatic rings. The van der Waals surface area contributed by atoms with Crippen molar-refractivity contribution in [3.63, 3.8) is 0 Å². The van der Waals surface area contributed by atoms with E-state index in [4.69, 9.17) is 0 Å². The smallest absolute Gasteiger partial charge is 0.325 e. The highest BCUT2D eigenvalue weighted by Gasteiger charge is 2.57. The molecule has 2 aliphatic heterocycles. The van der Waals surface area contributed by atoms with Crippen molar-refractivity contribution in [3.05, 3.63) is 122 Å². The monoisotopic (exact) mass is 701 g/mol. The lowest BCUT2D eigenvalue weighted by atomic mass is 9.81. The molecule has 0 bridgehead atoms. The fourth-order valence-electron chi connectivity index (χ4n) is 6.49. The van der Waals surface area contributed by atoms with Crippen molar-refractivity contribution in [1.82, 2.24) is 4.57 Å². The number of thiazole rings is 1. The highest BCUT2D eigenvalue weighted by molar-refractivity contribution is 8.00. The number of halogens is 3. The minimum absolute atomic E-state index is 0.166. The molecule has 1 saturated heterocycles. The molecule has 1 fully saturated rings. The number of benzene rings is 4. The average Bonchev–Trinajstić information content (AvgIpc) is 3.50. The number of hydrogen-bond donors (Lipinski definition) is 1. The van der Waals surface area contributed by atoms with Gasteiger partial charge in [-0.2, -0.15) is 13.2 Å². The van der Waals surface area contributed by atoms with Gasteiger partial charge in [-0.25, -0.2) is 4.90 Å². The molecule has 1 N–H and O–H groups in total. The number of fused-ring (bicyclic) bond motifs is 3. The van der Waals surface area contributed by atoms with E-state index in [-0.39, 0.29) is 17.6 Å². The first-order chi connectivity index (χ1) is 23.2. The van der Waals surface area contributed by atoms with Crippen LogP contribution in [0.4, 0.5) is 24.5 Å². The summed E-state index contributed by atoms with van der Waals surface area (Å²) in [6, 6.07) is 25.0. The minimum Gasteiger partial charge on any atom is -0.325 e. The Morgan fingerprint density at radius 2 is 1.53 bits per heavy atom. The van der Waals surface area contributed by atoms with Gasteiger partial charge in [-0.15, -0.1) is 0 Å². The number of alkyl halides is 3. The highest BCUT2D eigenvalue weighted by Crippen LogP contribution is 2.54. The van der Waals surface area contributed by atoms with E-state index in [1.807, 2.05) is 60.7 Å². The molecule has 7 rings (SSSR count). The topological polar surface area (TPSA) is 88.5 Å². The number of carbonyl (C=O) groups is 3. The zero-order valence-corrected chi connectivity index (χ0v) is 28.2. The van der Waals surface area contributed by atoms with Crippen LogP contribution in [-0.2, 0) is 32.5 Å². The SMILES string of the molecule is CC(C)(C)c1ccc(C2c3sc(=O)n(CC(=O)Nc4ccc5ccccc5c4)c3SC3C(=O)N(c4cccc(C(F)(F)F)c4)C(=O)C32)cc1. The van der Waals surface area contributed by atoms with Crippen LogP contribution in [0.25, 0.3) is 10.8 Å². The molecule has 3 atom stereocenters. The van der Waals surface area contributed by atoms with Crippen LogP contribution in [0.15, 0.2) is 101 Å². The zero-order valence-electron chi connectivity index (χ0n) is 26.6. The molecule has 0 radical (unpaired) electrons. The van der Waals surface area contributed by atoms with E-state index in [0.29, 0.717) is 21.2 Å². The molecule has 0 spiro atoms. The summed E-state index contributed by atoms with van der Waals surface area (Å²) in [5, 5.41) is 4.15. The first kappa shape index (κ1) is 32.8. The van der Waals surface area contributed by atoms with Crippen LogP contribution in [-0.4, -0.2) is 27.5 Å². The van der Waals surface area contributed by atoms with E-state index in [1.54, 1.807) is 6.07 Å². The Hall–Kier alpha value is -4.68. The lowest BCUT2D eigenvalue weighted by molar-refractivity contribution is -0.137. The van der Waals surface area contributed by atoms with Crippen LogP contribution >= 0.6 is 23.1 Å². The van der Waals surface area contributed by atoms with Crippen LogP contribution in [0.3, 0.4) is 0 Å². The molecular weight excluding hydrogens is 672 g/mol. The Morgan fingerprint density at radius 1 is 0.816 bits per heavy atom. The van der Waals surface area contributed by atoms with Crippen molar-refractivity contribution < 1.29 is 27.6 Å². The number of rotatable bonds is 5. The Morgan fingerprint density at radius 3 is 2.22 bits per heavy atom. The summed E-state index contributed by atoms with van der Waals surface area (Å²) in [6.45, 7) is 5.86. The number of anilines is 2. The van der Waals surface area contributed by atoms with Crippen LogP contribution in [0.5, 0.6) is 0 Å². The standard InChI is InChI=1S/C37H30F3N3O4S2/c1-36(2,3)23-14-11-21(12-15-23)28-29-30(33(46)43(32(29)45)26-10-6-9-24(18-26)37(38,39)40)48-34-31(28)49-35(47)42(34)19-27(44)41-25-16-13-20-7-4-5-8-22(20)17-25/h4-18,28-30H,19H2,1-3H3,(H,41,44). The molecule has 49 heavy (non-hydrogen) atoms. The third-order valence-electron chi connectivity index (χ3n) is 8.95. The first-order valence-electron chi connectivity index (χ1n) is 15.5. The van der Waals surface area contributed by atoms with Crippen molar-refractivity contribution in [3.8, 4) is 0 Å². The predicted octanol–water partition coefficient (Wildman–Crippen LogP) is 7.81. The summed E-state index contributed by atoms with van der Waals surface area (Å²) in [5.74, 6) is -3.50. The zero-order chi connectivity index (χ0) is 34.8. The van der Waals surface area contributed by atoms with Crippen LogP contribution in [0.2, 0.25) is 0 Å². The number of aromatic nitrogens is 1. The summed E-state index contributed by atoms with van der Waals surface area (Å²) in [7, 11) is 0. The number of amides is 3. The van der Waals surface area contributed by atoms with E-state index in [0.717, 1.165) is 56.5 Å². The first-order valence-corrected chi connectivity index (χ1v) is 17.2. The fourth-order valence-corrected chi connectivity index (χ4v) is 9.27. The molecule has 250 valence electrons. The molecule has 1 aromatic heterocycles. The van der Waals surface area contributed by atoms with Crippen molar-refractivity contribution in [1.29, 1.82) is 0 Å². The lowest BCUT2D eigenvalue weighted by Gasteiger charge is -2.31. The van der Waals surface area contributed by atoms with Gasteiger partial charge in [0.15, 0.2) is 0 Å². The summed E-state index contributed by atoms with van der Waals surface area (Å²) >= 11 is 1.92. The number of thioether (sulfide) groups is 1. The van der Waals surface area contributed by atoms with Gasteiger partial charge in [-0.3, -0.25) is 23.7 Å². The van der Waals surface area contributed by atoms with Gasteiger partial charge in [-0.05, 0) is 57.6 Å². The van der Waals surface area contributed by atoms with Crippen molar-refractivity contribution in [2.24, 2.45) is 5.92 Å². The van der Waals surface area contributed by atoms with E-state index >= 15 is 0 Å². The number of nitrogens with one attached hydrogen (secondary N) is 1. The quantitative estimate of drug-likeness (QED) is 0.189. The predicted molar refractivity (Wildman–Crippen MR) is 185 cm³/mol. The average molecular weight is 702 g/mol. The Kier molecular flexibility index (Phi) is 8.06. The molecule has 3 heterocycles. The van der Waals surface area contributed by atoms with Gasteiger partial charge in [0.1, 0.15) is 11.8 Å². The second-order valence-corrected chi connectivity index (χ2v) is 15.3. The summed E-state index contributed by atoms with van der Waals surface area (Å²) in [5.41, 5.74) is 0.962. The maximum Gasteiger partial charge on any atom is 0.416 e. The molecule has 0 saturated carbocycles. The Bertz CT molecular complexity index is 2200. The molecule has 5 aromatic rings. The van der Waals surface area contributed by atoms with Crippen molar-refractivity contribution in [2.75, 3.05) is 10.2 Å². The third-order valence-corrected chi connectivity index (χ3v) is 11.6. The van der Waals surface area contributed by atoms with E-state index < -0.39 is 51.4 Å². The minimum atomic E-state index is -4.67. The highest BCUT2D eigenvalue weighted by atomic mass is 32.2. The second kappa shape index (κ2) is 12.0. The maximum absolute atomic E-state index is 14.2. The molecular formula is C37H30F3N3O4S2. The molecule has 7 nitrogen and oxygen atoms in total. The Balaban J connectivity index is 1.27. The molecule has 12 heteroatoms. The summed E-state index contributed by atoms with van der Waals surface area (Å²) in [6.07, 6.45) is -4.67. The molecule has 3 amide bonds. The number of imide groups is 1. The Labute approximate surface area is 287 Å². The van der Waals surface area contributed by atoms with E-state index in [1.165, 1.54) is 16.7 Å². The van der Waals surface area contributed by atoms with Gasteiger partial charge in [0.2, 0.25) is 17.7 Å². The second-order valence-electron chi connectivity index (χ2n) is 13.2. The van der Waals surface area contributed by atoms with Gasteiger partial charge < -0.3 is 5.32 Å². The number of hydrogen-bond acceptors (Lipinski definition) is 6. The summed E-state index contributed by atoms with van der Waals surface area (Å²) in [4.78, 5) is 56.0. The lowest BCUT2D eigenvalue weighted by Crippen LogP contribution is -2.33. The van der Waals surface area contributed by atoms with Crippen LogP contribution < -0.4 is 15.1 Å². The van der Waals surface area contributed by atoms with Gasteiger partial charge in [0, 0.05) is 16.5 Å². The number of carbonyl (C=O) groups excluding carboxylic acids is 3.